The average Bonchev–Trinajstić information content (AvgIpc) is 2.35. The molecule has 1 aliphatic rings. The van der Waals surface area contributed by atoms with Gasteiger partial charge in [-0.05, 0) is 6.92 Å². The van der Waals surface area contributed by atoms with E-state index in [4.69, 9.17) is 11.6 Å². The van der Waals surface area contributed by atoms with Crippen molar-refractivity contribution in [1.82, 2.24) is 15.1 Å². The van der Waals surface area contributed by atoms with E-state index in [-0.39, 0.29) is 10.6 Å². The van der Waals surface area contributed by atoms with Crippen molar-refractivity contribution in [1.29, 1.82) is 0 Å². The van der Waals surface area contributed by atoms with Gasteiger partial charge in [-0.15, -0.1) is 6.58 Å². The Morgan fingerprint density at radius 1 is 1.72 bits per heavy atom. The topological polar surface area (TPSA) is 50.2 Å². The fraction of sp³-hybridized carbons (Fsp3) is 0.500. The summed E-state index contributed by atoms with van der Waals surface area (Å²) < 4.78 is 1.31. The zero-order valence-electron chi connectivity index (χ0n) is 10.4. The lowest BCUT2D eigenvalue weighted by molar-refractivity contribution is 0.483. The van der Waals surface area contributed by atoms with E-state index in [1.54, 1.807) is 12.3 Å². The summed E-state index contributed by atoms with van der Waals surface area (Å²) in [5, 5.41) is 7.70. The number of allylic oxidation sites excluding steroid dienone is 1. The second kappa shape index (κ2) is 5.54. The molecule has 0 aromatic carbocycles. The number of hydrogen-bond donors (Lipinski definition) is 1. The van der Waals surface area contributed by atoms with E-state index in [2.05, 4.69) is 28.8 Å². The lowest BCUT2D eigenvalue weighted by Crippen LogP contribution is -2.49. The minimum Gasteiger partial charge on any atom is -0.366 e. The predicted octanol–water partition coefficient (Wildman–Crippen LogP) is 0.881. The minimum atomic E-state index is -0.264. The van der Waals surface area contributed by atoms with Crippen LogP contribution in [-0.4, -0.2) is 35.5 Å². The third kappa shape index (κ3) is 2.57. The SMILES string of the molecule is C=CCn1ncc(N2CCNC(C)C2)c(Cl)c1=O. The molecule has 1 aromatic heterocycles. The first-order valence-electron chi connectivity index (χ1n) is 5.98. The normalized spacial score (nSPS) is 19.9. The van der Waals surface area contributed by atoms with Gasteiger partial charge in [0.05, 0.1) is 18.4 Å². The van der Waals surface area contributed by atoms with Crippen LogP contribution in [0.3, 0.4) is 0 Å². The highest BCUT2D eigenvalue weighted by Crippen LogP contribution is 2.21. The van der Waals surface area contributed by atoms with E-state index in [1.807, 2.05) is 0 Å². The summed E-state index contributed by atoms with van der Waals surface area (Å²) in [5.74, 6) is 0. The van der Waals surface area contributed by atoms with Crippen LogP contribution in [0.2, 0.25) is 5.02 Å². The Kier molecular flexibility index (Phi) is 4.04. The van der Waals surface area contributed by atoms with E-state index in [0.29, 0.717) is 12.6 Å². The first-order chi connectivity index (χ1) is 8.63. The second-order valence-corrected chi connectivity index (χ2v) is 4.80. The molecule has 0 saturated carbocycles. The van der Waals surface area contributed by atoms with E-state index in [0.717, 1.165) is 25.3 Å². The van der Waals surface area contributed by atoms with Crippen LogP contribution in [0.5, 0.6) is 0 Å². The predicted molar refractivity (Wildman–Crippen MR) is 73.4 cm³/mol. The second-order valence-electron chi connectivity index (χ2n) is 4.42. The van der Waals surface area contributed by atoms with Gasteiger partial charge in [-0.25, -0.2) is 4.68 Å². The van der Waals surface area contributed by atoms with Gasteiger partial charge in [-0.2, -0.15) is 5.10 Å². The Balaban J connectivity index is 2.31. The van der Waals surface area contributed by atoms with Crippen molar-refractivity contribution >= 4 is 17.3 Å². The molecule has 1 saturated heterocycles. The number of halogens is 1. The Labute approximate surface area is 111 Å². The maximum atomic E-state index is 12.0. The highest BCUT2D eigenvalue weighted by molar-refractivity contribution is 6.33. The molecule has 5 nitrogen and oxygen atoms in total. The zero-order chi connectivity index (χ0) is 13.1. The van der Waals surface area contributed by atoms with Crippen molar-refractivity contribution in [3.05, 3.63) is 34.2 Å². The number of nitrogens with zero attached hydrogens (tertiary/aromatic N) is 3. The van der Waals surface area contributed by atoms with Gasteiger partial charge in [0.1, 0.15) is 5.02 Å². The molecule has 6 heteroatoms. The Hall–Kier alpha value is -1.33. The molecule has 0 radical (unpaired) electrons. The highest BCUT2D eigenvalue weighted by atomic mass is 35.5. The van der Waals surface area contributed by atoms with Gasteiger partial charge in [0.25, 0.3) is 5.56 Å². The van der Waals surface area contributed by atoms with Crippen molar-refractivity contribution in [2.75, 3.05) is 24.5 Å². The van der Waals surface area contributed by atoms with Crippen molar-refractivity contribution in [2.24, 2.45) is 0 Å². The molecule has 0 spiro atoms. The number of rotatable bonds is 3. The summed E-state index contributed by atoms with van der Waals surface area (Å²) in [4.78, 5) is 14.1. The van der Waals surface area contributed by atoms with Gasteiger partial charge in [0, 0.05) is 25.7 Å². The Morgan fingerprint density at radius 2 is 2.50 bits per heavy atom. The summed E-state index contributed by atoms with van der Waals surface area (Å²) in [6.45, 7) is 8.60. The summed E-state index contributed by atoms with van der Waals surface area (Å²) in [5.41, 5.74) is 0.454. The van der Waals surface area contributed by atoms with Gasteiger partial charge in [0.15, 0.2) is 0 Å². The molecule has 1 aromatic rings. The van der Waals surface area contributed by atoms with Crippen LogP contribution >= 0.6 is 11.6 Å². The van der Waals surface area contributed by atoms with Gasteiger partial charge in [-0.3, -0.25) is 4.79 Å². The van der Waals surface area contributed by atoms with Crippen LogP contribution in [0, 0.1) is 0 Å². The summed E-state index contributed by atoms with van der Waals surface area (Å²) in [7, 11) is 0. The fourth-order valence-corrected chi connectivity index (χ4v) is 2.35. The average molecular weight is 269 g/mol. The molecular weight excluding hydrogens is 252 g/mol. The van der Waals surface area contributed by atoms with Crippen molar-refractivity contribution in [3.8, 4) is 0 Å². The maximum Gasteiger partial charge on any atom is 0.287 e. The maximum absolute atomic E-state index is 12.0. The first-order valence-corrected chi connectivity index (χ1v) is 6.36. The van der Waals surface area contributed by atoms with Crippen LogP contribution < -0.4 is 15.8 Å². The molecule has 98 valence electrons. The van der Waals surface area contributed by atoms with E-state index >= 15 is 0 Å². The Morgan fingerprint density at radius 3 is 3.17 bits per heavy atom. The van der Waals surface area contributed by atoms with Crippen molar-refractivity contribution < 1.29 is 0 Å². The van der Waals surface area contributed by atoms with Crippen molar-refractivity contribution in [3.63, 3.8) is 0 Å². The molecule has 0 amide bonds. The number of nitrogens with one attached hydrogen (secondary N) is 1. The van der Waals surface area contributed by atoms with Crippen LogP contribution in [0.15, 0.2) is 23.6 Å². The van der Waals surface area contributed by atoms with Crippen LogP contribution in [0.25, 0.3) is 0 Å². The molecule has 1 aliphatic heterocycles. The van der Waals surface area contributed by atoms with Gasteiger partial charge in [0.2, 0.25) is 0 Å². The van der Waals surface area contributed by atoms with E-state index < -0.39 is 0 Å². The monoisotopic (exact) mass is 268 g/mol. The van der Waals surface area contributed by atoms with Gasteiger partial charge < -0.3 is 10.2 Å². The molecule has 1 fully saturated rings. The first kappa shape index (κ1) is 13.1. The molecule has 1 N–H and O–H groups in total. The lowest BCUT2D eigenvalue weighted by Gasteiger charge is -2.33. The smallest absolute Gasteiger partial charge is 0.287 e. The molecule has 1 atom stereocenters. The van der Waals surface area contributed by atoms with E-state index in [1.165, 1.54) is 4.68 Å². The fourth-order valence-electron chi connectivity index (χ4n) is 2.08. The third-order valence-electron chi connectivity index (χ3n) is 2.98. The number of hydrogen-bond acceptors (Lipinski definition) is 4. The molecule has 2 rings (SSSR count). The van der Waals surface area contributed by atoms with Crippen LogP contribution in [0.1, 0.15) is 6.92 Å². The van der Waals surface area contributed by atoms with Gasteiger partial charge >= 0.3 is 0 Å². The Bertz CT molecular complexity index is 499. The molecule has 18 heavy (non-hydrogen) atoms. The summed E-state index contributed by atoms with van der Waals surface area (Å²) in [6, 6.07) is 0.380. The molecular formula is C12H17ClN4O. The van der Waals surface area contributed by atoms with Crippen molar-refractivity contribution in [2.45, 2.75) is 19.5 Å². The van der Waals surface area contributed by atoms with E-state index in [9.17, 15) is 4.79 Å². The lowest BCUT2D eigenvalue weighted by atomic mass is 10.2. The number of piperazine rings is 1. The number of aromatic nitrogens is 2. The third-order valence-corrected chi connectivity index (χ3v) is 3.33. The standard InChI is InChI=1S/C12H17ClN4O/c1-3-5-17-12(18)11(13)10(7-15-17)16-6-4-14-9(2)8-16/h3,7,9,14H,1,4-6,8H2,2H3. The molecule has 0 aliphatic carbocycles. The molecule has 1 unspecified atom stereocenters. The summed E-state index contributed by atoms with van der Waals surface area (Å²) >= 11 is 6.15. The van der Waals surface area contributed by atoms with Gasteiger partial charge in [-0.1, -0.05) is 17.7 Å². The van der Waals surface area contributed by atoms with Crippen LogP contribution in [-0.2, 0) is 6.54 Å². The number of anilines is 1. The minimum absolute atomic E-state index is 0.237. The summed E-state index contributed by atoms with van der Waals surface area (Å²) in [6.07, 6.45) is 3.28. The molecule has 0 bridgehead atoms. The quantitative estimate of drug-likeness (QED) is 0.827. The largest absolute Gasteiger partial charge is 0.366 e. The highest BCUT2D eigenvalue weighted by Gasteiger charge is 2.20. The van der Waals surface area contributed by atoms with Crippen LogP contribution in [0.4, 0.5) is 5.69 Å². The molecule has 2 heterocycles. The zero-order valence-corrected chi connectivity index (χ0v) is 11.2.